The van der Waals surface area contributed by atoms with Crippen LogP contribution >= 0.6 is 11.6 Å². The van der Waals surface area contributed by atoms with Crippen molar-refractivity contribution in [2.75, 3.05) is 31.6 Å². The lowest BCUT2D eigenvalue weighted by atomic mass is 10.1. The predicted molar refractivity (Wildman–Crippen MR) is 115 cm³/mol. The molecule has 0 radical (unpaired) electrons. The maximum Gasteiger partial charge on any atom is 0.426 e. The lowest BCUT2D eigenvalue weighted by molar-refractivity contribution is -0.242. The fourth-order valence-electron chi connectivity index (χ4n) is 3.00. The van der Waals surface area contributed by atoms with Crippen molar-refractivity contribution in [1.82, 2.24) is 4.90 Å². The number of amides is 2. The Morgan fingerprint density at radius 3 is 2.15 bits per heavy atom. The van der Waals surface area contributed by atoms with Crippen LogP contribution in [-0.2, 0) is 19.4 Å². The Hall–Kier alpha value is -2.67. The molecule has 2 N–H and O–H groups in total. The van der Waals surface area contributed by atoms with Gasteiger partial charge < -0.3 is 20.1 Å². The lowest BCUT2D eigenvalue weighted by Gasteiger charge is -2.26. The van der Waals surface area contributed by atoms with Crippen molar-refractivity contribution in [2.45, 2.75) is 28.5 Å². The summed E-state index contributed by atoms with van der Waals surface area (Å²) in [4.78, 5) is 25.5. The molecule has 1 fully saturated rings. The summed E-state index contributed by atoms with van der Waals surface area (Å²) in [5, 5.41) is 10.9. The second kappa shape index (κ2) is 9.53. The zero-order valence-electron chi connectivity index (χ0n) is 17.7. The molecule has 0 bridgehead atoms. The number of nitrogens with one attached hydrogen (secondary N) is 1. The van der Waals surface area contributed by atoms with Crippen molar-refractivity contribution >= 4 is 38.9 Å². The van der Waals surface area contributed by atoms with Crippen LogP contribution in [0.1, 0.15) is 17.3 Å². The molecular weight excluding hydrogens is 501 g/mol. The van der Waals surface area contributed by atoms with E-state index < -0.39 is 27.5 Å². The molecule has 0 unspecified atom stereocenters. The Bertz CT molecular complexity index is 1190. The number of anilines is 1. The second-order valence-corrected chi connectivity index (χ2v) is 9.96. The molecule has 1 heterocycles. The number of hydrogen-bond donors (Lipinski definition) is 2. The van der Waals surface area contributed by atoms with E-state index in [0.29, 0.717) is 31.9 Å². The van der Waals surface area contributed by atoms with Crippen molar-refractivity contribution in [1.29, 1.82) is 0 Å². The number of rotatable bonds is 5. The summed E-state index contributed by atoms with van der Waals surface area (Å²) in [6.45, 7) is 1.98. The average Bonchev–Trinajstić information content (AvgIpc) is 2.79. The van der Waals surface area contributed by atoms with Gasteiger partial charge in [-0.25, -0.2) is 8.42 Å². The SMILES string of the molecule is C[C@@](O)(C(=O)Nc1ccc(S(=O)(=O)c2ccc(C(=O)N3CCOCC3)cc2)cc1Cl)C(F)(F)F. The van der Waals surface area contributed by atoms with Crippen LogP contribution in [0, 0.1) is 0 Å². The van der Waals surface area contributed by atoms with Crippen LogP contribution in [0.5, 0.6) is 0 Å². The van der Waals surface area contributed by atoms with Crippen LogP contribution in [-0.4, -0.2) is 68.3 Å². The van der Waals surface area contributed by atoms with Gasteiger partial charge in [-0.15, -0.1) is 0 Å². The van der Waals surface area contributed by atoms with E-state index in [4.69, 9.17) is 16.3 Å². The van der Waals surface area contributed by atoms with E-state index in [1.165, 1.54) is 24.3 Å². The van der Waals surface area contributed by atoms with Crippen molar-refractivity contribution in [3.8, 4) is 0 Å². The minimum atomic E-state index is -5.23. The van der Waals surface area contributed by atoms with Gasteiger partial charge in [0.2, 0.25) is 15.4 Å². The first-order chi connectivity index (χ1) is 15.7. The molecule has 2 amide bonds. The van der Waals surface area contributed by atoms with Gasteiger partial charge in [-0.3, -0.25) is 9.59 Å². The van der Waals surface area contributed by atoms with Gasteiger partial charge in [0, 0.05) is 18.7 Å². The maximum absolute atomic E-state index is 12.9. The lowest BCUT2D eigenvalue weighted by Crippen LogP contribution is -2.52. The van der Waals surface area contributed by atoms with Gasteiger partial charge in [0.15, 0.2) is 0 Å². The van der Waals surface area contributed by atoms with Crippen LogP contribution in [0.2, 0.25) is 5.02 Å². The topological polar surface area (TPSA) is 113 Å². The molecular formula is C21H20ClF3N2O6S. The van der Waals surface area contributed by atoms with Gasteiger partial charge in [0.05, 0.1) is 33.7 Å². The van der Waals surface area contributed by atoms with Crippen molar-refractivity contribution in [3.05, 3.63) is 53.1 Å². The smallest absolute Gasteiger partial charge is 0.378 e. The molecule has 0 aromatic heterocycles. The van der Waals surface area contributed by atoms with Gasteiger partial charge in [-0.05, 0) is 49.4 Å². The summed E-state index contributed by atoms with van der Waals surface area (Å²) in [5.74, 6) is -2.04. The molecule has 184 valence electrons. The van der Waals surface area contributed by atoms with Gasteiger partial charge in [-0.1, -0.05) is 11.6 Å². The molecule has 1 saturated heterocycles. The van der Waals surface area contributed by atoms with Gasteiger partial charge in [0.25, 0.3) is 11.8 Å². The Labute approximate surface area is 198 Å². The number of alkyl halides is 3. The molecule has 34 heavy (non-hydrogen) atoms. The number of aliphatic hydroxyl groups is 1. The molecule has 1 aliphatic heterocycles. The number of nitrogens with zero attached hydrogens (tertiary/aromatic N) is 1. The summed E-state index contributed by atoms with van der Waals surface area (Å²) in [5.41, 5.74) is -3.70. The third-order valence-corrected chi connectivity index (χ3v) is 7.28. The summed E-state index contributed by atoms with van der Waals surface area (Å²) < 4.78 is 69.6. The average molecular weight is 521 g/mol. The minimum absolute atomic E-state index is 0.140. The zero-order valence-corrected chi connectivity index (χ0v) is 19.3. The highest BCUT2D eigenvalue weighted by Gasteiger charge is 2.55. The van der Waals surface area contributed by atoms with Gasteiger partial charge in [-0.2, -0.15) is 13.2 Å². The first kappa shape index (κ1) is 25.9. The molecule has 2 aromatic carbocycles. The Morgan fingerprint density at radius 1 is 1.06 bits per heavy atom. The quantitative estimate of drug-likeness (QED) is 0.627. The highest BCUT2D eigenvalue weighted by Crippen LogP contribution is 2.33. The van der Waals surface area contributed by atoms with E-state index in [1.807, 2.05) is 5.32 Å². The van der Waals surface area contributed by atoms with E-state index in [-0.39, 0.29) is 33.3 Å². The molecule has 8 nitrogen and oxygen atoms in total. The highest BCUT2D eigenvalue weighted by atomic mass is 35.5. The van der Waals surface area contributed by atoms with Crippen LogP contribution in [0.3, 0.4) is 0 Å². The number of carbonyl (C=O) groups excluding carboxylic acids is 2. The van der Waals surface area contributed by atoms with Crippen LogP contribution < -0.4 is 5.32 Å². The molecule has 0 aliphatic carbocycles. The Morgan fingerprint density at radius 2 is 1.62 bits per heavy atom. The third kappa shape index (κ3) is 5.19. The molecule has 1 atom stereocenters. The number of morpholine rings is 1. The number of hydrogen-bond acceptors (Lipinski definition) is 6. The van der Waals surface area contributed by atoms with Crippen molar-refractivity contribution < 1.29 is 41.0 Å². The largest absolute Gasteiger partial charge is 0.426 e. The van der Waals surface area contributed by atoms with E-state index in [0.717, 1.165) is 18.2 Å². The van der Waals surface area contributed by atoms with Crippen LogP contribution in [0.25, 0.3) is 0 Å². The van der Waals surface area contributed by atoms with Crippen molar-refractivity contribution in [2.24, 2.45) is 0 Å². The van der Waals surface area contributed by atoms with Crippen molar-refractivity contribution in [3.63, 3.8) is 0 Å². The monoisotopic (exact) mass is 520 g/mol. The summed E-state index contributed by atoms with van der Waals surface area (Å²) in [6, 6.07) is 8.28. The van der Waals surface area contributed by atoms with Gasteiger partial charge in [0.1, 0.15) is 0 Å². The van der Waals surface area contributed by atoms with Crippen LogP contribution in [0.15, 0.2) is 52.3 Å². The highest BCUT2D eigenvalue weighted by molar-refractivity contribution is 7.91. The standard InChI is InChI=1S/C21H20ClF3N2O6S/c1-20(30,21(23,24)25)19(29)26-17-7-6-15(12-16(17)22)34(31,32)14-4-2-13(3-5-14)18(28)27-8-10-33-11-9-27/h2-7,12,30H,8-11H2,1H3,(H,26,29)/t20-/m1/s1. The number of sulfone groups is 1. The summed E-state index contributed by atoms with van der Waals surface area (Å²) in [7, 11) is -4.10. The number of benzene rings is 2. The Kier molecular flexibility index (Phi) is 7.27. The normalized spacial score (nSPS) is 16.6. The third-order valence-electron chi connectivity index (χ3n) is 5.20. The molecule has 0 saturated carbocycles. The fraction of sp³-hybridized carbons (Fsp3) is 0.333. The second-order valence-electron chi connectivity index (χ2n) is 7.60. The molecule has 2 aromatic rings. The first-order valence-electron chi connectivity index (χ1n) is 9.87. The maximum atomic E-state index is 12.9. The number of ether oxygens (including phenoxy) is 1. The number of halogens is 4. The molecule has 3 rings (SSSR count). The zero-order chi connectivity index (χ0) is 25.3. The van der Waals surface area contributed by atoms with E-state index in [2.05, 4.69) is 0 Å². The fourth-order valence-corrected chi connectivity index (χ4v) is 4.58. The Balaban J connectivity index is 1.79. The molecule has 0 spiro atoms. The van der Waals surface area contributed by atoms with E-state index >= 15 is 0 Å². The first-order valence-corrected chi connectivity index (χ1v) is 11.7. The minimum Gasteiger partial charge on any atom is -0.378 e. The van der Waals surface area contributed by atoms with E-state index in [1.54, 1.807) is 4.90 Å². The molecule has 13 heteroatoms. The van der Waals surface area contributed by atoms with Crippen LogP contribution in [0.4, 0.5) is 18.9 Å². The molecule has 1 aliphatic rings. The summed E-state index contributed by atoms with van der Waals surface area (Å²) in [6.07, 6.45) is -5.23. The van der Waals surface area contributed by atoms with E-state index in [9.17, 15) is 36.3 Å². The van der Waals surface area contributed by atoms with Gasteiger partial charge >= 0.3 is 6.18 Å². The number of carbonyl (C=O) groups is 2. The predicted octanol–water partition coefficient (Wildman–Crippen LogP) is 2.90. The summed E-state index contributed by atoms with van der Waals surface area (Å²) >= 11 is 5.98.